The number of carbonyl (C=O) groups is 2. The Morgan fingerprint density at radius 2 is 2.00 bits per heavy atom. The zero-order chi connectivity index (χ0) is 11.8. The van der Waals surface area contributed by atoms with Crippen molar-refractivity contribution in [1.29, 1.82) is 0 Å². The van der Waals surface area contributed by atoms with Crippen LogP contribution in [0.25, 0.3) is 0 Å². The van der Waals surface area contributed by atoms with Crippen molar-refractivity contribution in [1.82, 2.24) is 0 Å². The molecule has 4 heteroatoms. The van der Waals surface area contributed by atoms with Crippen LogP contribution in [-0.4, -0.2) is 17.4 Å². The maximum atomic E-state index is 12.7. The van der Waals surface area contributed by atoms with Crippen molar-refractivity contribution in [2.75, 3.05) is 0 Å². The molecule has 3 nitrogen and oxygen atoms in total. The number of benzene rings is 1. The Balaban J connectivity index is 2.25. The summed E-state index contributed by atoms with van der Waals surface area (Å²) in [6.45, 7) is 1.59. The zero-order valence-electron chi connectivity index (χ0n) is 8.83. The molecular formula is C12H11FO3. The van der Waals surface area contributed by atoms with E-state index in [1.807, 2.05) is 0 Å². The smallest absolute Gasteiger partial charge is 0.306 e. The first-order valence-electron chi connectivity index (χ1n) is 5.03. The van der Waals surface area contributed by atoms with Gasteiger partial charge in [-0.05, 0) is 31.2 Å². The molecular weight excluding hydrogens is 211 g/mol. The highest BCUT2D eigenvalue weighted by molar-refractivity contribution is 6.04. The third-order valence-electron chi connectivity index (χ3n) is 2.73. The number of hydrogen-bond acceptors (Lipinski definition) is 3. The van der Waals surface area contributed by atoms with Crippen LogP contribution < -0.4 is 0 Å². The van der Waals surface area contributed by atoms with Gasteiger partial charge in [0.05, 0.1) is 0 Å². The highest BCUT2D eigenvalue weighted by Crippen LogP contribution is 2.29. The lowest BCUT2D eigenvalue weighted by Gasteiger charge is -2.20. The van der Waals surface area contributed by atoms with Crippen LogP contribution in [0.5, 0.6) is 0 Å². The van der Waals surface area contributed by atoms with Crippen LogP contribution >= 0.6 is 0 Å². The van der Waals surface area contributed by atoms with E-state index in [9.17, 15) is 14.0 Å². The first-order valence-corrected chi connectivity index (χ1v) is 5.03. The van der Waals surface area contributed by atoms with E-state index in [-0.39, 0.29) is 18.2 Å². The van der Waals surface area contributed by atoms with Gasteiger partial charge in [-0.25, -0.2) is 4.39 Å². The molecule has 0 amide bonds. The number of esters is 1. The van der Waals surface area contributed by atoms with E-state index in [1.54, 1.807) is 6.92 Å². The number of cyclic esters (lactones) is 1. The number of Topliss-reactive ketones (excluding diaryl/α,β-unsaturated/α-hetero) is 1. The lowest BCUT2D eigenvalue weighted by Crippen LogP contribution is -2.34. The van der Waals surface area contributed by atoms with Crippen molar-refractivity contribution in [3.8, 4) is 0 Å². The quantitative estimate of drug-likeness (QED) is 0.568. The molecule has 0 aliphatic carbocycles. The Bertz CT molecular complexity index is 438. The van der Waals surface area contributed by atoms with E-state index in [0.717, 1.165) is 0 Å². The minimum atomic E-state index is -1.09. The van der Waals surface area contributed by atoms with Crippen LogP contribution in [0.3, 0.4) is 0 Å². The molecule has 0 aromatic heterocycles. The number of ether oxygens (including phenoxy) is 1. The van der Waals surface area contributed by atoms with Gasteiger partial charge >= 0.3 is 5.97 Å². The van der Waals surface area contributed by atoms with Crippen LogP contribution in [0.2, 0.25) is 0 Å². The minimum absolute atomic E-state index is 0.253. The molecule has 1 aromatic carbocycles. The molecule has 0 N–H and O–H groups in total. The summed E-state index contributed by atoms with van der Waals surface area (Å²) in [5.41, 5.74) is -0.729. The lowest BCUT2D eigenvalue weighted by atomic mass is 9.92. The van der Waals surface area contributed by atoms with Crippen LogP contribution in [0.4, 0.5) is 4.39 Å². The van der Waals surface area contributed by atoms with Crippen molar-refractivity contribution < 1.29 is 18.7 Å². The van der Waals surface area contributed by atoms with Crippen molar-refractivity contribution in [3.05, 3.63) is 35.6 Å². The van der Waals surface area contributed by atoms with E-state index in [1.165, 1.54) is 24.3 Å². The minimum Gasteiger partial charge on any atom is -0.451 e. The Morgan fingerprint density at radius 3 is 2.50 bits per heavy atom. The number of hydrogen-bond donors (Lipinski definition) is 0. The summed E-state index contributed by atoms with van der Waals surface area (Å²) in [7, 11) is 0. The van der Waals surface area contributed by atoms with Gasteiger partial charge in [0.2, 0.25) is 5.78 Å². The predicted octanol–water partition coefficient (Wildman–Crippen LogP) is 2.10. The van der Waals surface area contributed by atoms with Crippen LogP contribution in [0.15, 0.2) is 24.3 Å². The molecule has 1 saturated heterocycles. The zero-order valence-corrected chi connectivity index (χ0v) is 8.83. The first-order chi connectivity index (χ1) is 7.51. The molecule has 1 aliphatic rings. The lowest BCUT2D eigenvalue weighted by molar-refractivity contribution is -0.144. The van der Waals surface area contributed by atoms with E-state index in [0.29, 0.717) is 12.0 Å². The van der Waals surface area contributed by atoms with E-state index in [2.05, 4.69) is 0 Å². The number of carbonyl (C=O) groups excluding carboxylic acids is 2. The molecule has 16 heavy (non-hydrogen) atoms. The Kier molecular flexibility index (Phi) is 2.50. The second-order valence-corrected chi connectivity index (χ2v) is 4.04. The predicted molar refractivity (Wildman–Crippen MR) is 54.5 cm³/mol. The van der Waals surface area contributed by atoms with Gasteiger partial charge < -0.3 is 4.74 Å². The van der Waals surface area contributed by atoms with Crippen molar-refractivity contribution >= 4 is 11.8 Å². The number of rotatable bonds is 2. The van der Waals surface area contributed by atoms with Crippen molar-refractivity contribution in [2.45, 2.75) is 25.4 Å². The average Bonchev–Trinajstić information content (AvgIpc) is 2.60. The molecule has 84 valence electrons. The average molecular weight is 222 g/mol. The summed E-state index contributed by atoms with van der Waals surface area (Å²) in [5.74, 6) is -1.04. The Morgan fingerprint density at radius 1 is 1.38 bits per heavy atom. The van der Waals surface area contributed by atoms with E-state index in [4.69, 9.17) is 4.74 Å². The fourth-order valence-corrected chi connectivity index (χ4v) is 1.76. The molecule has 0 radical (unpaired) electrons. The number of ketones is 1. The van der Waals surface area contributed by atoms with Crippen LogP contribution in [-0.2, 0) is 9.53 Å². The second-order valence-electron chi connectivity index (χ2n) is 4.04. The molecule has 1 atom stereocenters. The van der Waals surface area contributed by atoms with Crippen LogP contribution in [0.1, 0.15) is 30.1 Å². The fraction of sp³-hybridized carbons (Fsp3) is 0.333. The molecule has 0 saturated carbocycles. The third kappa shape index (κ3) is 1.83. The second kappa shape index (κ2) is 3.70. The fourth-order valence-electron chi connectivity index (χ4n) is 1.76. The number of halogens is 1. The largest absolute Gasteiger partial charge is 0.451 e. The molecule has 1 fully saturated rings. The van der Waals surface area contributed by atoms with Crippen molar-refractivity contribution in [2.24, 2.45) is 0 Å². The standard InChI is InChI=1S/C12H11FO3/c1-12(7-6-10(14)16-12)11(15)8-2-4-9(13)5-3-8/h2-5H,6-7H2,1H3. The first kappa shape index (κ1) is 10.8. The SMILES string of the molecule is CC1(C(=O)c2ccc(F)cc2)CCC(=O)O1. The Labute approximate surface area is 92.2 Å². The van der Waals surface area contributed by atoms with Gasteiger partial charge in [-0.3, -0.25) is 9.59 Å². The summed E-state index contributed by atoms with van der Waals surface area (Å²) < 4.78 is 17.7. The van der Waals surface area contributed by atoms with Gasteiger partial charge in [0, 0.05) is 18.4 Å². The summed E-state index contributed by atoms with van der Waals surface area (Å²) in [4.78, 5) is 23.0. The van der Waals surface area contributed by atoms with E-state index >= 15 is 0 Å². The molecule has 2 rings (SSSR count). The normalized spacial score (nSPS) is 24.2. The highest BCUT2D eigenvalue weighted by atomic mass is 19.1. The molecule has 1 heterocycles. The monoisotopic (exact) mass is 222 g/mol. The van der Waals surface area contributed by atoms with Gasteiger partial charge in [-0.1, -0.05) is 0 Å². The summed E-state index contributed by atoms with van der Waals surface area (Å²) in [6.07, 6.45) is 0.630. The van der Waals surface area contributed by atoms with Gasteiger partial charge in [-0.15, -0.1) is 0 Å². The molecule has 0 bridgehead atoms. The maximum absolute atomic E-state index is 12.7. The Hall–Kier alpha value is -1.71. The van der Waals surface area contributed by atoms with E-state index < -0.39 is 11.4 Å². The van der Waals surface area contributed by atoms with Gasteiger partial charge in [0.25, 0.3) is 0 Å². The van der Waals surface area contributed by atoms with Gasteiger partial charge in [-0.2, -0.15) is 0 Å². The summed E-state index contributed by atoms with van der Waals surface area (Å²) >= 11 is 0. The van der Waals surface area contributed by atoms with Crippen LogP contribution in [0, 0.1) is 5.82 Å². The summed E-state index contributed by atoms with van der Waals surface area (Å²) in [5, 5.41) is 0. The van der Waals surface area contributed by atoms with Gasteiger partial charge in [0.1, 0.15) is 5.82 Å². The highest BCUT2D eigenvalue weighted by Gasteiger charge is 2.42. The molecule has 1 unspecified atom stereocenters. The van der Waals surface area contributed by atoms with Gasteiger partial charge in [0.15, 0.2) is 5.60 Å². The van der Waals surface area contributed by atoms with Crippen molar-refractivity contribution in [3.63, 3.8) is 0 Å². The third-order valence-corrected chi connectivity index (χ3v) is 2.73. The topological polar surface area (TPSA) is 43.4 Å². The summed E-state index contributed by atoms with van der Waals surface area (Å²) in [6, 6.07) is 5.23. The maximum Gasteiger partial charge on any atom is 0.306 e. The molecule has 1 aliphatic heterocycles. The molecule has 0 spiro atoms. The molecule has 1 aromatic rings.